The van der Waals surface area contributed by atoms with Crippen LogP contribution in [0.15, 0.2) is 28.9 Å². The number of rotatable bonds is 4. The fourth-order valence-electron chi connectivity index (χ4n) is 2.19. The van der Waals surface area contributed by atoms with Crippen LogP contribution < -0.4 is 5.73 Å². The molecular formula is C15H25NS. The highest BCUT2D eigenvalue weighted by Gasteiger charge is 2.27. The van der Waals surface area contributed by atoms with Crippen LogP contribution in [0.1, 0.15) is 52.9 Å². The largest absolute Gasteiger partial charge is 0.319 e. The number of nitrogens with two attached hydrogens (primary N) is 1. The monoisotopic (exact) mass is 251 g/mol. The molecule has 2 unspecified atom stereocenters. The Bertz CT molecular complexity index is 326. The second-order valence-corrected chi connectivity index (χ2v) is 6.24. The van der Waals surface area contributed by atoms with E-state index in [1.807, 2.05) is 5.41 Å². The van der Waals surface area contributed by atoms with Crippen molar-refractivity contribution in [2.24, 2.45) is 11.1 Å². The van der Waals surface area contributed by atoms with Gasteiger partial charge in [-0.25, -0.2) is 0 Å². The van der Waals surface area contributed by atoms with E-state index >= 15 is 0 Å². The molecule has 2 heteroatoms. The number of hydrogen-bond donors (Lipinski definition) is 1. The molecule has 17 heavy (non-hydrogen) atoms. The summed E-state index contributed by atoms with van der Waals surface area (Å²) in [5.74, 6) is 0. The second kappa shape index (κ2) is 7.10. The third-order valence-corrected chi connectivity index (χ3v) is 4.58. The predicted octanol–water partition coefficient (Wildman–Crippen LogP) is 4.61. The maximum atomic E-state index is 6.02. The summed E-state index contributed by atoms with van der Waals surface area (Å²) in [6.07, 6.45) is 10.3. The van der Waals surface area contributed by atoms with Gasteiger partial charge >= 0.3 is 0 Å². The summed E-state index contributed by atoms with van der Waals surface area (Å²) >= 11 is 1.70. The van der Waals surface area contributed by atoms with Gasteiger partial charge in [-0.1, -0.05) is 19.1 Å². The molecule has 0 amide bonds. The number of unbranched alkanes of at least 4 members (excludes halogenated alkanes) is 1. The lowest BCUT2D eigenvalue weighted by Crippen LogP contribution is -2.24. The van der Waals surface area contributed by atoms with E-state index in [-0.39, 0.29) is 10.8 Å². The molecule has 1 rings (SSSR count). The lowest BCUT2D eigenvalue weighted by Gasteiger charge is -2.31. The van der Waals surface area contributed by atoms with Crippen LogP contribution in [0.3, 0.4) is 0 Å². The van der Waals surface area contributed by atoms with Crippen LogP contribution in [0, 0.1) is 5.41 Å². The molecule has 96 valence electrons. The molecule has 0 saturated heterocycles. The molecule has 0 spiro atoms. The van der Waals surface area contributed by atoms with Crippen LogP contribution in [0.25, 0.3) is 0 Å². The molecular weight excluding hydrogens is 226 g/mol. The minimum Gasteiger partial charge on any atom is -0.319 e. The van der Waals surface area contributed by atoms with Crippen LogP contribution in [-0.4, -0.2) is 5.37 Å². The maximum absolute atomic E-state index is 6.02. The molecule has 0 fully saturated rings. The first kappa shape index (κ1) is 14.6. The number of thioether (sulfide) groups is 1. The summed E-state index contributed by atoms with van der Waals surface area (Å²) in [6, 6.07) is 0. The smallest absolute Gasteiger partial charge is 0.0555 e. The second-order valence-electron chi connectivity index (χ2n) is 5.12. The Balaban J connectivity index is 2.66. The fourth-order valence-corrected chi connectivity index (χ4v) is 2.86. The minimum absolute atomic E-state index is 0.241. The van der Waals surface area contributed by atoms with Crippen molar-refractivity contribution in [3.05, 3.63) is 28.9 Å². The first-order chi connectivity index (χ1) is 8.08. The number of hydrogen-bond acceptors (Lipinski definition) is 2. The average molecular weight is 251 g/mol. The zero-order chi connectivity index (χ0) is 12.7. The van der Waals surface area contributed by atoms with Gasteiger partial charge in [0.25, 0.3) is 0 Å². The van der Waals surface area contributed by atoms with E-state index in [0.29, 0.717) is 0 Å². The van der Waals surface area contributed by atoms with Gasteiger partial charge in [-0.05, 0) is 56.9 Å². The minimum atomic E-state index is 0.241. The highest BCUT2D eigenvalue weighted by Crippen LogP contribution is 2.39. The standard InChI is InChI=1S/C15H25NS/c1-4-5-6-7-10-15(3)11-8-14(16)17-12-9-13(15)2/h4-5,12,14H,6-8,10-11,16H2,1-3H3. The quantitative estimate of drug-likeness (QED) is 0.448. The van der Waals surface area contributed by atoms with Crippen molar-refractivity contribution >= 4 is 11.8 Å². The van der Waals surface area contributed by atoms with Crippen LogP contribution in [0.4, 0.5) is 0 Å². The van der Waals surface area contributed by atoms with E-state index in [9.17, 15) is 0 Å². The van der Waals surface area contributed by atoms with Crippen molar-refractivity contribution in [1.82, 2.24) is 0 Å². The van der Waals surface area contributed by atoms with E-state index in [4.69, 9.17) is 5.73 Å². The van der Waals surface area contributed by atoms with E-state index < -0.39 is 0 Å². The van der Waals surface area contributed by atoms with Crippen molar-refractivity contribution in [3.63, 3.8) is 0 Å². The third kappa shape index (κ3) is 4.75. The normalized spacial score (nSPS) is 30.1. The topological polar surface area (TPSA) is 26.0 Å². The van der Waals surface area contributed by atoms with E-state index in [2.05, 4.69) is 38.7 Å². The van der Waals surface area contributed by atoms with Crippen LogP contribution >= 0.6 is 11.8 Å². The lowest BCUT2D eigenvalue weighted by molar-refractivity contribution is 0.317. The molecule has 0 aromatic carbocycles. The summed E-state index contributed by atoms with van der Waals surface area (Å²) in [5, 5.41) is 2.29. The van der Waals surface area contributed by atoms with Gasteiger partial charge in [0, 0.05) is 5.41 Å². The van der Waals surface area contributed by atoms with Crippen molar-refractivity contribution in [1.29, 1.82) is 0 Å². The van der Waals surface area contributed by atoms with Crippen LogP contribution in [-0.2, 0) is 0 Å². The molecule has 0 saturated carbocycles. The van der Waals surface area contributed by atoms with Crippen molar-refractivity contribution < 1.29 is 0 Å². The number of allylic oxidation sites excluding steroid dienone is 3. The van der Waals surface area contributed by atoms with Crippen LogP contribution in [0.5, 0.6) is 0 Å². The van der Waals surface area contributed by atoms with Gasteiger partial charge in [-0.15, -0.1) is 17.5 Å². The molecule has 2 atom stereocenters. The fraction of sp³-hybridized carbons (Fsp3) is 0.667. The maximum Gasteiger partial charge on any atom is 0.0555 e. The third-order valence-electron chi connectivity index (χ3n) is 3.74. The zero-order valence-electron chi connectivity index (χ0n) is 11.3. The average Bonchev–Trinajstić information content (AvgIpc) is 2.31. The predicted molar refractivity (Wildman–Crippen MR) is 78.8 cm³/mol. The van der Waals surface area contributed by atoms with Gasteiger partial charge in [0.2, 0.25) is 0 Å². The Morgan fingerprint density at radius 2 is 2.41 bits per heavy atom. The highest BCUT2D eigenvalue weighted by molar-refractivity contribution is 8.02. The molecule has 1 aliphatic rings. The molecule has 0 aromatic heterocycles. The van der Waals surface area contributed by atoms with Gasteiger partial charge in [-0.2, -0.15) is 0 Å². The van der Waals surface area contributed by atoms with Crippen molar-refractivity contribution in [3.8, 4) is 0 Å². The van der Waals surface area contributed by atoms with E-state index in [0.717, 1.165) is 6.42 Å². The summed E-state index contributed by atoms with van der Waals surface area (Å²) in [7, 11) is 0. The van der Waals surface area contributed by atoms with Gasteiger partial charge < -0.3 is 5.73 Å². The summed E-state index contributed by atoms with van der Waals surface area (Å²) in [5.41, 5.74) is 11.1. The molecule has 0 aromatic rings. The van der Waals surface area contributed by atoms with Crippen molar-refractivity contribution in [2.75, 3.05) is 0 Å². The Morgan fingerprint density at radius 1 is 1.65 bits per heavy atom. The van der Waals surface area contributed by atoms with Gasteiger partial charge in [-0.3, -0.25) is 0 Å². The lowest BCUT2D eigenvalue weighted by atomic mass is 9.75. The highest BCUT2D eigenvalue weighted by atomic mass is 32.2. The Hall–Kier alpha value is -0.430. The molecule has 1 heterocycles. The Kier molecular flexibility index (Phi) is 6.11. The van der Waals surface area contributed by atoms with Gasteiger partial charge in [0.1, 0.15) is 0 Å². The van der Waals surface area contributed by atoms with Gasteiger partial charge in [0.15, 0.2) is 0 Å². The van der Waals surface area contributed by atoms with Crippen molar-refractivity contribution in [2.45, 2.75) is 58.2 Å². The molecule has 0 radical (unpaired) electrons. The molecule has 1 nitrogen and oxygen atoms in total. The van der Waals surface area contributed by atoms with Gasteiger partial charge in [0.05, 0.1) is 5.37 Å². The van der Waals surface area contributed by atoms with Crippen LogP contribution in [0.2, 0.25) is 0 Å². The summed E-state index contributed by atoms with van der Waals surface area (Å²) < 4.78 is 0. The molecule has 2 N–H and O–H groups in total. The Labute approximate surface area is 110 Å². The van der Waals surface area contributed by atoms with E-state index in [1.165, 1.54) is 31.3 Å². The first-order valence-electron chi connectivity index (χ1n) is 6.53. The summed E-state index contributed by atoms with van der Waals surface area (Å²) in [4.78, 5) is 0. The molecule has 0 aliphatic carbocycles. The molecule has 0 bridgehead atoms. The zero-order valence-corrected chi connectivity index (χ0v) is 12.1. The first-order valence-corrected chi connectivity index (χ1v) is 7.47. The summed E-state index contributed by atoms with van der Waals surface area (Å²) in [6.45, 7) is 6.66. The SMILES string of the molecule is CC=CCCCC1(C)CCC(N)SC=C=C1C. The Morgan fingerprint density at radius 3 is 3.12 bits per heavy atom. The molecule has 1 aliphatic heterocycles. The van der Waals surface area contributed by atoms with E-state index in [1.54, 1.807) is 11.8 Å².